The first-order chi connectivity index (χ1) is 6.73. The van der Waals surface area contributed by atoms with Crippen molar-refractivity contribution in [3.8, 4) is 0 Å². The van der Waals surface area contributed by atoms with Crippen molar-refractivity contribution in [3.63, 3.8) is 0 Å². The second-order valence-corrected chi connectivity index (χ2v) is 7.95. The standard InChI is InChI=1S/C8H10Cl2O3S2/c1-4(15(2,12)13)7(11)5-3-6(9)14-8(5)10/h3-4,7,11H,1-2H3. The first-order valence-corrected chi connectivity index (χ1v) is 7.58. The van der Waals surface area contributed by atoms with Crippen molar-refractivity contribution >= 4 is 44.4 Å². The number of aliphatic hydroxyl groups excluding tert-OH is 1. The molecule has 0 bridgehead atoms. The molecule has 86 valence electrons. The van der Waals surface area contributed by atoms with Crippen LogP contribution in [0.5, 0.6) is 0 Å². The molecule has 2 atom stereocenters. The molecule has 3 nitrogen and oxygen atoms in total. The Balaban J connectivity index is 3.05. The third-order valence-corrected chi connectivity index (χ3v) is 5.25. The van der Waals surface area contributed by atoms with Crippen LogP contribution in [0, 0.1) is 0 Å². The van der Waals surface area contributed by atoms with Crippen LogP contribution in [0.3, 0.4) is 0 Å². The molecule has 1 heterocycles. The highest BCUT2D eigenvalue weighted by atomic mass is 35.5. The molecule has 2 unspecified atom stereocenters. The Bertz CT molecular complexity index is 452. The van der Waals surface area contributed by atoms with Crippen LogP contribution in [0.25, 0.3) is 0 Å². The van der Waals surface area contributed by atoms with E-state index in [1.807, 2.05) is 0 Å². The minimum absolute atomic E-state index is 0.322. The van der Waals surface area contributed by atoms with Crippen LogP contribution in [0.2, 0.25) is 8.67 Å². The fourth-order valence-corrected chi connectivity index (χ4v) is 3.19. The molecule has 0 aliphatic carbocycles. The fraction of sp³-hybridized carbons (Fsp3) is 0.500. The normalized spacial score (nSPS) is 16.3. The van der Waals surface area contributed by atoms with Crippen molar-refractivity contribution in [2.45, 2.75) is 18.3 Å². The summed E-state index contributed by atoms with van der Waals surface area (Å²) in [5.74, 6) is 0. The van der Waals surface area contributed by atoms with E-state index in [-0.39, 0.29) is 0 Å². The Morgan fingerprint density at radius 1 is 1.47 bits per heavy atom. The molecule has 7 heteroatoms. The number of thiophene rings is 1. The van der Waals surface area contributed by atoms with Gasteiger partial charge in [0.05, 0.1) is 15.7 Å². The molecule has 0 radical (unpaired) electrons. The predicted octanol–water partition coefficient (Wildman–Crippen LogP) is 2.52. The van der Waals surface area contributed by atoms with Crippen LogP contribution in [-0.2, 0) is 9.84 Å². The third-order valence-electron chi connectivity index (χ3n) is 2.12. The third kappa shape index (κ3) is 3.07. The lowest BCUT2D eigenvalue weighted by Gasteiger charge is -2.16. The lowest BCUT2D eigenvalue weighted by Crippen LogP contribution is -2.24. The van der Waals surface area contributed by atoms with Crippen molar-refractivity contribution in [3.05, 3.63) is 20.3 Å². The van der Waals surface area contributed by atoms with Gasteiger partial charge < -0.3 is 5.11 Å². The van der Waals surface area contributed by atoms with Gasteiger partial charge in [0.15, 0.2) is 9.84 Å². The molecule has 0 saturated heterocycles. The number of sulfone groups is 1. The van der Waals surface area contributed by atoms with E-state index < -0.39 is 21.2 Å². The second-order valence-electron chi connectivity index (χ2n) is 3.26. The Kier molecular flexibility index (Phi) is 4.06. The number of hydrogen-bond acceptors (Lipinski definition) is 4. The quantitative estimate of drug-likeness (QED) is 0.930. The summed E-state index contributed by atoms with van der Waals surface area (Å²) in [5, 5.41) is 8.90. The van der Waals surface area contributed by atoms with Crippen molar-refractivity contribution < 1.29 is 13.5 Å². The van der Waals surface area contributed by atoms with Crippen LogP contribution >= 0.6 is 34.5 Å². The summed E-state index contributed by atoms with van der Waals surface area (Å²) >= 11 is 12.6. The highest BCUT2D eigenvalue weighted by Gasteiger charge is 2.28. The van der Waals surface area contributed by atoms with Crippen LogP contribution in [0.15, 0.2) is 6.07 Å². The molecule has 0 saturated carbocycles. The first kappa shape index (κ1) is 13.3. The van der Waals surface area contributed by atoms with Gasteiger partial charge >= 0.3 is 0 Å². The Morgan fingerprint density at radius 3 is 2.33 bits per heavy atom. The summed E-state index contributed by atoms with van der Waals surface area (Å²) in [4.78, 5) is 0. The van der Waals surface area contributed by atoms with Gasteiger partial charge in [0, 0.05) is 11.8 Å². The molecule has 0 spiro atoms. The number of halogens is 2. The van der Waals surface area contributed by atoms with Crippen LogP contribution in [0.4, 0.5) is 0 Å². The van der Waals surface area contributed by atoms with Crippen molar-refractivity contribution in [1.29, 1.82) is 0 Å². The average molecular weight is 289 g/mol. The van der Waals surface area contributed by atoms with Crippen LogP contribution in [0.1, 0.15) is 18.6 Å². The van der Waals surface area contributed by atoms with Gasteiger partial charge in [0.2, 0.25) is 0 Å². The zero-order valence-electron chi connectivity index (χ0n) is 8.07. The van der Waals surface area contributed by atoms with Gasteiger partial charge in [-0.2, -0.15) is 0 Å². The molecule has 1 N–H and O–H groups in total. The SMILES string of the molecule is CC(C(O)c1cc(Cl)sc1Cl)S(C)(=O)=O. The lowest BCUT2D eigenvalue weighted by atomic mass is 10.1. The van der Waals surface area contributed by atoms with E-state index in [4.69, 9.17) is 23.2 Å². The maximum absolute atomic E-state index is 11.2. The summed E-state index contributed by atoms with van der Waals surface area (Å²) in [6.45, 7) is 1.43. The monoisotopic (exact) mass is 288 g/mol. The van der Waals surface area contributed by atoms with Gasteiger partial charge in [-0.05, 0) is 13.0 Å². The average Bonchev–Trinajstić information content (AvgIpc) is 2.41. The van der Waals surface area contributed by atoms with Gasteiger partial charge in [-0.15, -0.1) is 11.3 Å². The lowest BCUT2D eigenvalue weighted by molar-refractivity contribution is 0.177. The molecule has 1 aromatic rings. The maximum atomic E-state index is 11.2. The predicted molar refractivity (Wildman–Crippen MR) is 63.6 cm³/mol. The smallest absolute Gasteiger partial charge is 0.152 e. The van der Waals surface area contributed by atoms with E-state index >= 15 is 0 Å². The van der Waals surface area contributed by atoms with Gasteiger partial charge in [-0.3, -0.25) is 0 Å². The van der Waals surface area contributed by atoms with E-state index in [9.17, 15) is 13.5 Å². The Hall–Kier alpha value is 0.190. The zero-order valence-corrected chi connectivity index (χ0v) is 11.2. The van der Waals surface area contributed by atoms with Crippen molar-refractivity contribution in [2.75, 3.05) is 6.26 Å². The molecular weight excluding hydrogens is 279 g/mol. The van der Waals surface area contributed by atoms with E-state index in [0.29, 0.717) is 14.2 Å². The summed E-state index contributed by atoms with van der Waals surface area (Å²) in [6.07, 6.45) is -0.0702. The minimum Gasteiger partial charge on any atom is -0.387 e. The summed E-state index contributed by atoms with van der Waals surface area (Å²) in [7, 11) is -3.30. The maximum Gasteiger partial charge on any atom is 0.152 e. The molecule has 0 aromatic carbocycles. The molecule has 1 rings (SSSR count). The van der Waals surface area contributed by atoms with Crippen LogP contribution in [-0.4, -0.2) is 25.0 Å². The fourth-order valence-electron chi connectivity index (χ4n) is 1.04. The van der Waals surface area contributed by atoms with E-state index in [0.717, 1.165) is 17.6 Å². The van der Waals surface area contributed by atoms with Gasteiger partial charge in [0.1, 0.15) is 4.34 Å². The van der Waals surface area contributed by atoms with E-state index in [2.05, 4.69) is 0 Å². The molecule has 0 amide bonds. The highest BCUT2D eigenvalue weighted by molar-refractivity contribution is 7.91. The second kappa shape index (κ2) is 4.59. The molecule has 0 fully saturated rings. The molecular formula is C8H10Cl2O3S2. The van der Waals surface area contributed by atoms with E-state index in [1.165, 1.54) is 13.0 Å². The number of rotatable bonds is 3. The van der Waals surface area contributed by atoms with Gasteiger partial charge in [-0.1, -0.05) is 23.2 Å². The van der Waals surface area contributed by atoms with Crippen LogP contribution < -0.4 is 0 Å². The molecule has 0 aliphatic heterocycles. The topological polar surface area (TPSA) is 54.4 Å². The molecule has 15 heavy (non-hydrogen) atoms. The summed E-state index contributed by atoms with van der Waals surface area (Å²) in [5.41, 5.74) is 0.365. The van der Waals surface area contributed by atoms with Crippen molar-refractivity contribution in [2.24, 2.45) is 0 Å². The first-order valence-electron chi connectivity index (χ1n) is 4.05. The van der Waals surface area contributed by atoms with Crippen molar-refractivity contribution in [1.82, 2.24) is 0 Å². The zero-order chi connectivity index (χ0) is 11.8. The highest BCUT2D eigenvalue weighted by Crippen LogP contribution is 2.37. The summed E-state index contributed by atoms with van der Waals surface area (Å²) < 4.78 is 23.2. The van der Waals surface area contributed by atoms with Gasteiger partial charge in [0.25, 0.3) is 0 Å². The Labute approximate surface area is 103 Å². The largest absolute Gasteiger partial charge is 0.387 e. The number of hydrogen-bond donors (Lipinski definition) is 1. The summed E-state index contributed by atoms with van der Waals surface area (Å²) in [6, 6.07) is 1.49. The van der Waals surface area contributed by atoms with E-state index in [1.54, 1.807) is 0 Å². The minimum atomic E-state index is -3.30. The molecule has 1 aromatic heterocycles. The molecule has 0 aliphatic rings. The Morgan fingerprint density at radius 2 is 2.00 bits per heavy atom. The van der Waals surface area contributed by atoms with Gasteiger partial charge in [-0.25, -0.2) is 8.42 Å². The number of aliphatic hydroxyl groups is 1.